The molecule has 218 valence electrons. The molecule has 2 bridgehead atoms. The van der Waals surface area contributed by atoms with Crippen LogP contribution in [-0.4, -0.2) is 73.1 Å². The molecule has 0 aromatic heterocycles. The molecule has 1 spiro atoms. The number of hydrogen-bond donors (Lipinski definition) is 1. The minimum absolute atomic E-state index is 0.158. The van der Waals surface area contributed by atoms with Crippen molar-refractivity contribution in [2.24, 2.45) is 0 Å². The smallest absolute Gasteiger partial charge is 0.246 e. The summed E-state index contributed by atoms with van der Waals surface area (Å²) in [6.45, 7) is 0.235. The van der Waals surface area contributed by atoms with E-state index in [4.69, 9.17) is 9.47 Å². The quantitative estimate of drug-likeness (QED) is 0.442. The number of likely N-dealkylation sites (N-methyl/N-ethyl adjacent to an activating group) is 1. The number of benzene rings is 3. The summed E-state index contributed by atoms with van der Waals surface area (Å²) in [7, 11) is -0.490. The van der Waals surface area contributed by atoms with Gasteiger partial charge in [0.15, 0.2) is 11.5 Å². The molecule has 2 heterocycles. The number of nitrogens with zero attached hydrogens (tertiary/aromatic N) is 2. The molecule has 1 saturated carbocycles. The zero-order valence-corrected chi connectivity index (χ0v) is 24.5. The zero-order chi connectivity index (χ0) is 29.3. The molecule has 1 N–H and O–H groups in total. The Morgan fingerprint density at radius 3 is 2.50 bits per heavy atom. The summed E-state index contributed by atoms with van der Waals surface area (Å²) in [5, 5.41) is 12.8. The van der Waals surface area contributed by atoms with Crippen molar-refractivity contribution in [3.63, 3.8) is 0 Å². The lowest BCUT2D eigenvalue weighted by atomic mass is 9.48. The molecule has 7 rings (SSSR count). The average molecular weight is 587 g/mol. The average Bonchev–Trinajstić information content (AvgIpc) is 3.35. The first-order chi connectivity index (χ1) is 20.2. The molecule has 2 fully saturated rings. The van der Waals surface area contributed by atoms with E-state index in [1.165, 1.54) is 4.31 Å². The number of sulfonamides is 1. The zero-order valence-electron chi connectivity index (χ0n) is 23.6. The van der Waals surface area contributed by atoms with Crippen molar-refractivity contribution in [1.29, 1.82) is 0 Å². The summed E-state index contributed by atoms with van der Waals surface area (Å²) >= 11 is 0. The van der Waals surface area contributed by atoms with E-state index < -0.39 is 33.2 Å². The predicted molar refractivity (Wildman–Crippen MR) is 158 cm³/mol. The van der Waals surface area contributed by atoms with Crippen molar-refractivity contribution in [3.8, 4) is 11.5 Å². The number of hydrogen-bond acceptors (Lipinski definition) is 6. The molecule has 3 aromatic rings. The third-order valence-electron chi connectivity index (χ3n) is 10.00. The van der Waals surface area contributed by atoms with Gasteiger partial charge in [0.25, 0.3) is 0 Å². The highest BCUT2D eigenvalue weighted by Gasteiger charge is 2.74. The maximum atomic E-state index is 14.0. The van der Waals surface area contributed by atoms with Gasteiger partial charge in [-0.2, -0.15) is 4.31 Å². The van der Waals surface area contributed by atoms with E-state index in [0.717, 1.165) is 16.7 Å². The lowest BCUT2D eigenvalue weighted by Gasteiger charge is -2.64. The van der Waals surface area contributed by atoms with Gasteiger partial charge in [0.05, 0.1) is 35.1 Å². The molecule has 8 nitrogen and oxygen atoms in total. The van der Waals surface area contributed by atoms with Crippen LogP contribution in [0.5, 0.6) is 11.5 Å². The Kier molecular flexibility index (Phi) is 6.27. The second kappa shape index (κ2) is 9.69. The van der Waals surface area contributed by atoms with Crippen LogP contribution in [0, 0.1) is 0 Å². The first-order valence-electron chi connectivity index (χ1n) is 14.4. The van der Waals surface area contributed by atoms with Crippen LogP contribution in [0.3, 0.4) is 0 Å². The molecule has 5 atom stereocenters. The van der Waals surface area contributed by atoms with Gasteiger partial charge in [0, 0.05) is 25.2 Å². The van der Waals surface area contributed by atoms with E-state index in [9.17, 15) is 18.3 Å². The van der Waals surface area contributed by atoms with Gasteiger partial charge < -0.3 is 19.5 Å². The predicted octanol–water partition coefficient (Wildman–Crippen LogP) is 3.78. The number of carbonyl (C=O) groups excluding carboxylic acids is 1. The molecule has 3 aromatic carbocycles. The van der Waals surface area contributed by atoms with E-state index in [0.29, 0.717) is 37.2 Å². The number of aliphatic hydroxyl groups is 1. The highest BCUT2D eigenvalue weighted by molar-refractivity contribution is 7.89. The normalized spacial score (nSPS) is 29.5. The van der Waals surface area contributed by atoms with Crippen molar-refractivity contribution < 1.29 is 27.8 Å². The third-order valence-corrected chi connectivity index (χ3v) is 11.9. The van der Waals surface area contributed by atoms with Crippen LogP contribution < -0.4 is 9.47 Å². The topological polar surface area (TPSA) is 96.4 Å². The Bertz CT molecular complexity index is 1680. The van der Waals surface area contributed by atoms with E-state index in [-0.39, 0.29) is 23.4 Å². The lowest BCUT2D eigenvalue weighted by Crippen LogP contribution is -2.78. The number of rotatable bonds is 6. The first-order valence-corrected chi connectivity index (χ1v) is 15.8. The molecule has 1 unspecified atom stereocenters. The number of methoxy groups -OCH3 is 1. The highest BCUT2D eigenvalue weighted by atomic mass is 32.2. The van der Waals surface area contributed by atoms with Gasteiger partial charge in [0.2, 0.25) is 15.9 Å². The summed E-state index contributed by atoms with van der Waals surface area (Å²) in [5.41, 5.74) is 0.514. The Morgan fingerprint density at radius 2 is 1.79 bits per heavy atom. The summed E-state index contributed by atoms with van der Waals surface area (Å²) in [6, 6.07) is 20.9. The summed E-state index contributed by atoms with van der Waals surface area (Å²) in [6.07, 6.45) is 4.33. The SMILES string of the molecule is COc1ccc2c3c1O[C@H]1[C@H](N(C)C(=O)/C=C/c4ccccc4)CC[C@@]4(O)[C@@H](C2)N(S(=O)(=O)c2ccccc2)CCC314. The fourth-order valence-electron chi connectivity index (χ4n) is 8.06. The first kappa shape index (κ1) is 27.2. The van der Waals surface area contributed by atoms with Crippen LogP contribution in [0.2, 0.25) is 0 Å². The minimum atomic E-state index is -3.86. The molecule has 1 saturated heterocycles. The van der Waals surface area contributed by atoms with Crippen molar-refractivity contribution in [3.05, 3.63) is 95.6 Å². The van der Waals surface area contributed by atoms with Gasteiger partial charge in [-0.15, -0.1) is 0 Å². The number of amides is 1. The summed E-state index contributed by atoms with van der Waals surface area (Å²) in [4.78, 5) is 15.4. The Balaban J connectivity index is 1.31. The monoisotopic (exact) mass is 586 g/mol. The van der Waals surface area contributed by atoms with Gasteiger partial charge in [-0.3, -0.25) is 4.79 Å². The molecule has 4 aliphatic rings. The summed E-state index contributed by atoms with van der Waals surface area (Å²) in [5.74, 6) is 1.02. The second-order valence-electron chi connectivity index (χ2n) is 11.8. The van der Waals surface area contributed by atoms with Crippen LogP contribution in [0.25, 0.3) is 6.08 Å². The van der Waals surface area contributed by atoms with Crippen LogP contribution >= 0.6 is 0 Å². The van der Waals surface area contributed by atoms with Gasteiger partial charge in [-0.1, -0.05) is 54.6 Å². The van der Waals surface area contributed by atoms with E-state index in [1.807, 2.05) is 42.5 Å². The van der Waals surface area contributed by atoms with Crippen molar-refractivity contribution >= 4 is 22.0 Å². The molecule has 2 aliphatic heterocycles. The Hall–Kier alpha value is -3.66. The van der Waals surface area contributed by atoms with Gasteiger partial charge in [-0.05, 0) is 61.1 Å². The molecular formula is C33H34N2O6S. The molecule has 42 heavy (non-hydrogen) atoms. The standard InChI is InChI=1S/C33H34N2O6S/c1-34(28(36)16-13-22-9-5-3-6-10-22)25-17-18-33(37)27-21-23-14-15-26(40-2)30-29(23)32(33,31(25)41-30)19-20-35(27)42(38,39)24-11-7-4-8-12-24/h3-16,25,27,31,37H,17-21H2,1-2H3/b16-13+/t25-,27-,31+,32?,33-/m1/s1. The van der Waals surface area contributed by atoms with Crippen molar-refractivity contribution in [2.45, 2.75) is 59.8 Å². The molecular weight excluding hydrogens is 552 g/mol. The molecule has 2 aliphatic carbocycles. The molecule has 1 amide bonds. The van der Waals surface area contributed by atoms with Crippen LogP contribution in [0.15, 0.2) is 83.8 Å². The molecule has 0 radical (unpaired) electrons. The lowest BCUT2D eigenvalue weighted by molar-refractivity contribution is -0.186. The minimum Gasteiger partial charge on any atom is -0.493 e. The van der Waals surface area contributed by atoms with E-state index in [1.54, 1.807) is 61.5 Å². The van der Waals surface area contributed by atoms with Gasteiger partial charge in [0.1, 0.15) is 6.10 Å². The second-order valence-corrected chi connectivity index (χ2v) is 13.7. The Morgan fingerprint density at radius 1 is 1.07 bits per heavy atom. The maximum Gasteiger partial charge on any atom is 0.246 e. The highest BCUT2D eigenvalue weighted by Crippen LogP contribution is 2.66. The molecule has 9 heteroatoms. The van der Waals surface area contributed by atoms with Gasteiger partial charge >= 0.3 is 0 Å². The van der Waals surface area contributed by atoms with E-state index in [2.05, 4.69) is 0 Å². The van der Waals surface area contributed by atoms with Crippen molar-refractivity contribution in [1.82, 2.24) is 9.21 Å². The number of carbonyl (C=O) groups is 1. The third kappa shape index (κ3) is 3.66. The van der Waals surface area contributed by atoms with Crippen molar-refractivity contribution in [2.75, 3.05) is 20.7 Å². The summed E-state index contributed by atoms with van der Waals surface area (Å²) < 4.78 is 41.9. The van der Waals surface area contributed by atoms with E-state index >= 15 is 0 Å². The number of piperidine rings is 1. The van der Waals surface area contributed by atoms with Crippen LogP contribution in [-0.2, 0) is 26.7 Å². The van der Waals surface area contributed by atoms with Gasteiger partial charge in [-0.25, -0.2) is 8.42 Å². The largest absolute Gasteiger partial charge is 0.493 e. The van der Waals surface area contributed by atoms with Crippen LogP contribution in [0.1, 0.15) is 36.0 Å². The Labute approximate surface area is 246 Å². The fraction of sp³-hybridized carbons (Fsp3) is 0.364. The van der Waals surface area contributed by atoms with Crippen LogP contribution in [0.4, 0.5) is 0 Å². The fourth-order valence-corrected chi connectivity index (χ4v) is 9.74. The number of ether oxygens (including phenoxy) is 2. The maximum absolute atomic E-state index is 14.0.